The Kier molecular flexibility index (Phi) is 9.64. The van der Waals surface area contributed by atoms with Crippen LogP contribution in [0.5, 0.6) is 11.6 Å². The first-order valence-corrected chi connectivity index (χ1v) is 13.5. The molecule has 3 aromatic rings. The number of methoxy groups -OCH3 is 1. The SMILES string of the molecule is CC.CO.COc1nc(Cl)cc2c1C1(O)C(CN(C)C)CC(c3ccccc3)C1(c1ccc(Br)cc1)O2. The van der Waals surface area contributed by atoms with Crippen LogP contribution in [0.1, 0.15) is 42.9 Å². The monoisotopic (exact) mass is 590 g/mol. The van der Waals surface area contributed by atoms with Crippen LogP contribution in [0.3, 0.4) is 0 Å². The van der Waals surface area contributed by atoms with E-state index < -0.39 is 11.2 Å². The van der Waals surface area contributed by atoms with Crippen molar-refractivity contribution in [3.8, 4) is 11.6 Å². The van der Waals surface area contributed by atoms with Gasteiger partial charge in [0.05, 0.1) is 12.7 Å². The number of nitrogens with zero attached hydrogens (tertiary/aromatic N) is 2. The molecule has 5 rings (SSSR count). The maximum Gasteiger partial charge on any atom is 0.224 e. The summed E-state index contributed by atoms with van der Waals surface area (Å²) in [6, 6.07) is 20.0. The molecule has 0 radical (unpaired) electrons. The van der Waals surface area contributed by atoms with E-state index in [-0.39, 0.29) is 17.0 Å². The summed E-state index contributed by atoms with van der Waals surface area (Å²) < 4.78 is 13.5. The summed E-state index contributed by atoms with van der Waals surface area (Å²) in [7, 11) is 6.59. The number of benzene rings is 2. The Morgan fingerprint density at radius 2 is 1.73 bits per heavy atom. The number of hydrogen-bond acceptors (Lipinski definition) is 6. The van der Waals surface area contributed by atoms with Crippen LogP contribution in [0.2, 0.25) is 5.15 Å². The second kappa shape index (κ2) is 12.1. The summed E-state index contributed by atoms with van der Waals surface area (Å²) in [5.74, 6) is 0.572. The Hall–Kier alpha value is -2.16. The molecule has 8 heteroatoms. The maximum atomic E-state index is 12.9. The number of pyridine rings is 1. The van der Waals surface area contributed by atoms with E-state index >= 15 is 0 Å². The number of ether oxygens (including phenoxy) is 2. The van der Waals surface area contributed by atoms with E-state index in [4.69, 9.17) is 26.2 Å². The zero-order valence-corrected chi connectivity index (χ0v) is 24.5. The quantitative estimate of drug-likeness (QED) is 0.356. The first-order chi connectivity index (χ1) is 17.8. The van der Waals surface area contributed by atoms with Gasteiger partial charge in [0.1, 0.15) is 16.5 Å². The molecule has 2 heterocycles. The van der Waals surface area contributed by atoms with E-state index in [9.17, 15) is 5.11 Å². The topological polar surface area (TPSA) is 75.0 Å². The van der Waals surface area contributed by atoms with Crippen molar-refractivity contribution in [1.29, 1.82) is 0 Å². The van der Waals surface area contributed by atoms with Crippen LogP contribution < -0.4 is 9.47 Å². The Labute approximate surface area is 233 Å². The Morgan fingerprint density at radius 1 is 1.11 bits per heavy atom. The van der Waals surface area contributed by atoms with Crippen molar-refractivity contribution in [2.45, 2.75) is 37.4 Å². The lowest BCUT2D eigenvalue weighted by atomic mass is 9.70. The molecule has 0 bridgehead atoms. The fourth-order valence-corrected chi connectivity index (χ4v) is 6.27. The summed E-state index contributed by atoms with van der Waals surface area (Å²) >= 11 is 9.87. The van der Waals surface area contributed by atoms with Gasteiger partial charge in [0, 0.05) is 36.0 Å². The molecule has 4 unspecified atom stereocenters. The summed E-state index contributed by atoms with van der Waals surface area (Å²) in [6.07, 6.45) is 0.736. The van der Waals surface area contributed by atoms with Gasteiger partial charge in [-0.1, -0.05) is 83.8 Å². The van der Waals surface area contributed by atoms with Gasteiger partial charge in [0.25, 0.3) is 0 Å². The number of rotatable bonds is 5. The third kappa shape index (κ3) is 4.88. The first kappa shape index (κ1) is 29.4. The second-order valence-electron chi connectivity index (χ2n) is 9.10. The highest BCUT2D eigenvalue weighted by Crippen LogP contribution is 2.70. The molecular weight excluding hydrogens is 556 g/mol. The maximum absolute atomic E-state index is 12.9. The molecule has 2 N–H and O–H groups in total. The number of aliphatic hydroxyl groups excluding tert-OH is 1. The Balaban J connectivity index is 0.000000907. The average Bonchev–Trinajstić information content (AvgIpc) is 3.31. The van der Waals surface area contributed by atoms with Gasteiger partial charge in [-0.2, -0.15) is 0 Å². The lowest BCUT2D eigenvalue weighted by molar-refractivity contribution is -0.130. The van der Waals surface area contributed by atoms with E-state index in [0.717, 1.165) is 29.1 Å². The fraction of sp³-hybridized carbons (Fsp3) is 0.414. The predicted octanol–water partition coefficient (Wildman–Crippen LogP) is 5.98. The number of aromatic nitrogens is 1. The summed E-state index contributed by atoms with van der Waals surface area (Å²) in [6.45, 7) is 4.67. The number of halogens is 2. The van der Waals surface area contributed by atoms with E-state index in [0.29, 0.717) is 23.7 Å². The predicted molar refractivity (Wildman–Crippen MR) is 151 cm³/mol. The zero-order chi connectivity index (χ0) is 27.4. The molecule has 37 heavy (non-hydrogen) atoms. The van der Waals surface area contributed by atoms with Crippen molar-refractivity contribution in [3.63, 3.8) is 0 Å². The van der Waals surface area contributed by atoms with Crippen LogP contribution in [-0.2, 0) is 11.2 Å². The van der Waals surface area contributed by atoms with Crippen LogP contribution in [-0.4, -0.2) is 55.0 Å². The summed E-state index contributed by atoms with van der Waals surface area (Å²) in [4.78, 5) is 6.51. The molecule has 6 nitrogen and oxygen atoms in total. The first-order valence-electron chi connectivity index (χ1n) is 12.4. The smallest absolute Gasteiger partial charge is 0.224 e. The standard InChI is InChI=1S/C26H26BrClN2O3.C2H6.CH4O/c1-30(2)15-18-13-20(16-7-5-4-6-8-16)26(17-9-11-19(27)12-10-17)25(18,31)23-21(33-26)14-22(28)29-24(23)32-3;2*1-2/h4-12,14,18,20,31H,13,15H2,1-3H3;1-2H3;2H,1H3. The molecule has 4 atom stereocenters. The van der Waals surface area contributed by atoms with Crippen molar-refractivity contribution in [2.75, 3.05) is 34.9 Å². The summed E-state index contributed by atoms with van der Waals surface area (Å²) in [5.41, 5.74) is 0.132. The zero-order valence-electron chi connectivity index (χ0n) is 22.2. The molecule has 0 amide bonds. The third-order valence-corrected chi connectivity index (χ3v) is 7.72. The van der Waals surface area contributed by atoms with E-state index in [1.807, 2.05) is 70.4 Å². The number of fused-ring (bicyclic) bond motifs is 3. The minimum absolute atomic E-state index is 0.106. The molecule has 1 fully saturated rings. The summed E-state index contributed by atoms with van der Waals surface area (Å²) in [5, 5.41) is 20.1. The van der Waals surface area contributed by atoms with E-state index in [2.05, 4.69) is 37.9 Å². The highest BCUT2D eigenvalue weighted by Gasteiger charge is 2.73. The minimum Gasteiger partial charge on any atom is -0.481 e. The van der Waals surface area contributed by atoms with Crippen LogP contribution in [0.4, 0.5) is 0 Å². The van der Waals surface area contributed by atoms with Crippen LogP contribution in [0.25, 0.3) is 0 Å². The number of aliphatic hydroxyl groups is 2. The van der Waals surface area contributed by atoms with Crippen molar-refractivity contribution in [3.05, 3.63) is 87.0 Å². The van der Waals surface area contributed by atoms with Gasteiger partial charge >= 0.3 is 0 Å². The highest BCUT2D eigenvalue weighted by atomic mass is 79.9. The molecule has 1 aromatic heterocycles. The van der Waals surface area contributed by atoms with Crippen molar-refractivity contribution in [1.82, 2.24) is 9.88 Å². The van der Waals surface area contributed by atoms with Gasteiger partial charge < -0.3 is 24.6 Å². The van der Waals surface area contributed by atoms with Gasteiger partial charge in [-0.15, -0.1) is 0 Å². The normalized spacial score (nSPS) is 25.2. The van der Waals surface area contributed by atoms with Gasteiger partial charge in [-0.3, -0.25) is 0 Å². The van der Waals surface area contributed by atoms with Crippen molar-refractivity contribution in [2.24, 2.45) is 5.92 Å². The molecule has 0 saturated heterocycles. The molecular formula is C29H36BrClN2O4. The van der Waals surface area contributed by atoms with E-state index in [1.54, 1.807) is 13.2 Å². The van der Waals surface area contributed by atoms with Crippen molar-refractivity contribution < 1.29 is 19.7 Å². The molecule has 1 saturated carbocycles. The van der Waals surface area contributed by atoms with Gasteiger partial charge in [-0.05, 0) is 43.8 Å². The van der Waals surface area contributed by atoms with Crippen LogP contribution in [0, 0.1) is 5.92 Å². The Bertz CT molecular complexity index is 1180. The number of hydrogen-bond donors (Lipinski definition) is 2. The van der Waals surface area contributed by atoms with Crippen LogP contribution >= 0.6 is 27.5 Å². The fourth-order valence-electron chi connectivity index (χ4n) is 5.83. The van der Waals surface area contributed by atoms with Gasteiger partial charge in [-0.25, -0.2) is 4.98 Å². The molecule has 2 aromatic carbocycles. The molecule has 200 valence electrons. The Morgan fingerprint density at radius 3 is 2.30 bits per heavy atom. The van der Waals surface area contributed by atoms with Gasteiger partial charge in [0.2, 0.25) is 5.88 Å². The lowest BCUT2D eigenvalue weighted by Crippen LogP contribution is -2.52. The van der Waals surface area contributed by atoms with E-state index in [1.165, 1.54) is 0 Å². The third-order valence-electron chi connectivity index (χ3n) is 6.99. The molecule has 1 aliphatic heterocycles. The minimum atomic E-state index is -1.39. The van der Waals surface area contributed by atoms with Gasteiger partial charge in [0.15, 0.2) is 5.60 Å². The molecule has 1 aliphatic carbocycles. The largest absolute Gasteiger partial charge is 0.481 e. The molecule has 0 spiro atoms. The average molecular weight is 592 g/mol. The van der Waals surface area contributed by atoms with Crippen LogP contribution in [0.15, 0.2) is 65.1 Å². The highest BCUT2D eigenvalue weighted by molar-refractivity contribution is 9.10. The lowest BCUT2D eigenvalue weighted by Gasteiger charge is -2.42. The second-order valence-corrected chi connectivity index (χ2v) is 10.4. The molecule has 2 aliphatic rings. The van der Waals surface area contributed by atoms with Crippen molar-refractivity contribution >= 4 is 27.5 Å².